The molecule has 0 fully saturated rings. The Kier molecular flexibility index (Phi) is 4.41. The Bertz CT molecular complexity index is 545. The lowest BCUT2D eigenvalue weighted by atomic mass is 10.3. The summed E-state index contributed by atoms with van der Waals surface area (Å²) in [6.45, 7) is 3.22. The van der Waals surface area contributed by atoms with Crippen molar-refractivity contribution in [2.24, 2.45) is 0 Å². The van der Waals surface area contributed by atoms with Gasteiger partial charge in [-0.1, -0.05) is 6.58 Å². The number of aromatic nitrogens is 1. The molecule has 0 bridgehead atoms. The third kappa shape index (κ3) is 2.97. The highest BCUT2D eigenvalue weighted by atomic mass is 16.6. The van der Waals surface area contributed by atoms with Crippen LogP contribution in [0, 0.1) is 10.1 Å². The molecule has 1 heterocycles. The fourth-order valence-electron chi connectivity index (χ4n) is 1.46. The lowest BCUT2D eigenvalue weighted by Gasteiger charge is -2.06. The fraction of sp³-hybridized carbons (Fsp3) is 0.273. The van der Waals surface area contributed by atoms with Gasteiger partial charge in [-0.05, 0) is 4.92 Å². The first-order chi connectivity index (χ1) is 8.92. The number of esters is 2. The quantitative estimate of drug-likeness (QED) is 0.340. The summed E-state index contributed by atoms with van der Waals surface area (Å²) in [6, 6.07) is 2.39. The van der Waals surface area contributed by atoms with Crippen LogP contribution in [0.3, 0.4) is 0 Å². The average Bonchev–Trinajstić information content (AvgIpc) is 2.80. The van der Waals surface area contributed by atoms with Crippen LogP contribution in [0.5, 0.6) is 0 Å². The van der Waals surface area contributed by atoms with Crippen molar-refractivity contribution in [1.82, 2.24) is 4.57 Å². The molecule has 0 spiro atoms. The number of nitrogens with zero attached hydrogens (tertiary/aromatic N) is 2. The Morgan fingerprint density at radius 2 is 2.00 bits per heavy atom. The van der Waals surface area contributed by atoms with Gasteiger partial charge in [0.1, 0.15) is 6.54 Å². The van der Waals surface area contributed by atoms with Crippen molar-refractivity contribution >= 4 is 17.8 Å². The molecule has 1 aromatic heterocycles. The molecule has 8 nitrogen and oxygen atoms in total. The van der Waals surface area contributed by atoms with E-state index in [1.807, 2.05) is 0 Å². The van der Waals surface area contributed by atoms with Crippen LogP contribution >= 0.6 is 0 Å². The largest absolute Gasteiger partial charge is 0.466 e. The van der Waals surface area contributed by atoms with Crippen molar-refractivity contribution < 1.29 is 24.0 Å². The van der Waals surface area contributed by atoms with Crippen LogP contribution in [0.4, 0.5) is 5.82 Å². The first-order valence-corrected chi connectivity index (χ1v) is 5.10. The van der Waals surface area contributed by atoms with Crippen LogP contribution in [-0.2, 0) is 20.8 Å². The first kappa shape index (κ1) is 14.4. The van der Waals surface area contributed by atoms with Gasteiger partial charge in [-0.3, -0.25) is 0 Å². The Morgan fingerprint density at radius 3 is 2.47 bits per heavy atom. The smallest absolute Gasteiger partial charge is 0.378 e. The third-order valence-corrected chi connectivity index (χ3v) is 2.36. The Hall–Kier alpha value is -2.64. The summed E-state index contributed by atoms with van der Waals surface area (Å²) in [5.41, 5.74) is -0.0637. The lowest BCUT2D eigenvalue weighted by molar-refractivity contribution is -0.392. The number of methoxy groups -OCH3 is 2. The summed E-state index contributed by atoms with van der Waals surface area (Å²) < 4.78 is 9.99. The summed E-state index contributed by atoms with van der Waals surface area (Å²) in [5, 5.41) is 10.9. The minimum absolute atomic E-state index is 0.0213. The average molecular weight is 268 g/mol. The van der Waals surface area contributed by atoms with Gasteiger partial charge in [-0.15, -0.1) is 0 Å². The van der Waals surface area contributed by atoms with E-state index < -0.39 is 16.9 Å². The SMILES string of the molecule is C=C(Cn1c(C(=O)OC)ccc1[N+](=O)[O-])C(=O)OC. The number of carbonyl (C=O) groups excluding carboxylic acids is 2. The summed E-state index contributed by atoms with van der Waals surface area (Å²) >= 11 is 0. The number of hydrogen-bond donors (Lipinski definition) is 0. The maximum Gasteiger partial charge on any atom is 0.378 e. The normalized spacial score (nSPS) is 9.79. The van der Waals surface area contributed by atoms with Crippen molar-refractivity contribution in [3.63, 3.8) is 0 Å². The van der Waals surface area contributed by atoms with Crippen molar-refractivity contribution in [3.05, 3.63) is 40.1 Å². The number of hydrogen-bond acceptors (Lipinski definition) is 6. The monoisotopic (exact) mass is 268 g/mol. The third-order valence-electron chi connectivity index (χ3n) is 2.36. The van der Waals surface area contributed by atoms with E-state index in [0.29, 0.717) is 0 Å². The highest BCUT2D eigenvalue weighted by molar-refractivity contribution is 5.90. The van der Waals surface area contributed by atoms with Gasteiger partial charge in [0.2, 0.25) is 5.69 Å². The molecule has 0 saturated carbocycles. The van der Waals surface area contributed by atoms with E-state index in [4.69, 9.17) is 0 Å². The maximum atomic E-state index is 11.5. The first-order valence-electron chi connectivity index (χ1n) is 5.10. The highest BCUT2D eigenvalue weighted by Gasteiger charge is 2.26. The van der Waals surface area contributed by atoms with Crippen LogP contribution in [0.15, 0.2) is 24.3 Å². The van der Waals surface area contributed by atoms with E-state index in [1.54, 1.807) is 0 Å². The van der Waals surface area contributed by atoms with Gasteiger partial charge in [0.15, 0.2) is 0 Å². The van der Waals surface area contributed by atoms with E-state index >= 15 is 0 Å². The number of rotatable bonds is 5. The van der Waals surface area contributed by atoms with Crippen LogP contribution in [-0.4, -0.2) is 35.6 Å². The van der Waals surface area contributed by atoms with E-state index in [2.05, 4.69) is 16.1 Å². The molecular formula is C11H12N2O6. The maximum absolute atomic E-state index is 11.5. The molecule has 0 atom stereocenters. The van der Waals surface area contributed by atoms with Crippen molar-refractivity contribution in [2.75, 3.05) is 14.2 Å². The lowest BCUT2D eigenvalue weighted by Crippen LogP contribution is -2.17. The predicted molar refractivity (Wildman–Crippen MR) is 63.6 cm³/mol. The molecule has 1 rings (SSSR count). The Morgan fingerprint density at radius 1 is 1.37 bits per heavy atom. The number of nitro groups is 1. The second-order valence-electron chi connectivity index (χ2n) is 3.51. The van der Waals surface area contributed by atoms with Gasteiger partial charge < -0.3 is 19.6 Å². The van der Waals surface area contributed by atoms with Crippen molar-refractivity contribution in [2.45, 2.75) is 6.54 Å². The molecule has 0 aromatic carbocycles. The fourth-order valence-corrected chi connectivity index (χ4v) is 1.46. The molecule has 102 valence electrons. The number of carbonyl (C=O) groups is 2. The van der Waals surface area contributed by atoms with Crippen LogP contribution in [0.2, 0.25) is 0 Å². The van der Waals surface area contributed by atoms with E-state index in [9.17, 15) is 19.7 Å². The second-order valence-corrected chi connectivity index (χ2v) is 3.51. The van der Waals surface area contributed by atoms with Gasteiger partial charge >= 0.3 is 17.8 Å². The van der Waals surface area contributed by atoms with Crippen molar-refractivity contribution in [3.8, 4) is 0 Å². The molecule has 0 aliphatic heterocycles. The Balaban J connectivity index is 3.18. The molecule has 0 N–H and O–H groups in total. The zero-order chi connectivity index (χ0) is 14.6. The van der Waals surface area contributed by atoms with Gasteiger partial charge in [0, 0.05) is 12.1 Å². The zero-order valence-electron chi connectivity index (χ0n) is 10.4. The summed E-state index contributed by atoms with van der Waals surface area (Å²) in [4.78, 5) is 32.9. The molecule has 0 aliphatic carbocycles. The van der Waals surface area contributed by atoms with Crippen LogP contribution in [0.1, 0.15) is 10.5 Å². The minimum Gasteiger partial charge on any atom is -0.466 e. The highest BCUT2D eigenvalue weighted by Crippen LogP contribution is 2.19. The van der Waals surface area contributed by atoms with Gasteiger partial charge in [-0.2, -0.15) is 0 Å². The molecular weight excluding hydrogens is 256 g/mol. The molecule has 0 saturated heterocycles. The molecule has 0 unspecified atom stereocenters. The number of ether oxygens (including phenoxy) is 2. The topological polar surface area (TPSA) is 101 Å². The molecule has 1 aromatic rings. The standard InChI is InChI=1S/C11H12N2O6/c1-7(10(14)18-2)6-12-8(11(15)19-3)4-5-9(12)13(16)17/h4-5H,1,6H2,2-3H3. The van der Waals surface area contributed by atoms with E-state index in [1.165, 1.54) is 13.2 Å². The second kappa shape index (κ2) is 5.80. The van der Waals surface area contributed by atoms with E-state index in [-0.39, 0.29) is 23.6 Å². The van der Waals surface area contributed by atoms with Crippen LogP contribution < -0.4 is 0 Å². The summed E-state index contributed by atoms with van der Waals surface area (Å²) in [5.74, 6) is -1.80. The van der Waals surface area contributed by atoms with Crippen LogP contribution in [0.25, 0.3) is 0 Å². The summed E-state index contributed by atoms with van der Waals surface area (Å²) in [7, 11) is 2.32. The Labute approximate surface area is 108 Å². The van der Waals surface area contributed by atoms with Gasteiger partial charge in [0.25, 0.3) is 0 Å². The minimum atomic E-state index is -0.745. The molecule has 0 radical (unpaired) electrons. The molecule has 19 heavy (non-hydrogen) atoms. The molecule has 0 aliphatic rings. The van der Waals surface area contributed by atoms with E-state index in [0.717, 1.165) is 17.7 Å². The molecule has 8 heteroatoms. The zero-order valence-corrected chi connectivity index (χ0v) is 10.4. The van der Waals surface area contributed by atoms with Crippen molar-refractivity contribution in [1.29, 1.82) is 0 Å². The summed E-state index contributed by atoms with van der Waals surface area (Å²) in [6.07, 6.45) is 0. The predicted octanol–water partition coefficient (Wildman–Crippen LogP) is 0.912. The molecule has 0 amide bonds. The van der Waals surface area contributed by atoms with Gasteiger partial charge in [-0.25, -0.2) is 14.2 Å². The van der Waals surface area contributed by atoms with Gasteiger partial charge in [0.05, 0.1) is 19.8 Å².